The summed E-state index contributed by atoms with van der Waals surface area (Å²) in [7, 11) is 1.52. The second kappa shape index (κ2) is 3.53. The summed E-state index contributed by atoms with van der Waals surface area (Å²) in [4.78, 5) is 21.4. The highest BCUT2D eigenvalue weighted by molar-refractivity contribution is 5.81. The number of ether oxygens (including phenoxy) is 1. The monoisotopic (exact) mass is 173 g/mol. The molecular weight excluding hydrogens is 162 g/mol. The minimum Gasteiger partial charge on any atom is -0.479 e. The number of carbonyl (C=O) groups excluding carboxylic acids is 1. The van der Waals surface area contributed by atoms with Gasteiger partial charge in [-0.3, -0.25) is 4.79 Å². The van der Waals surface area contributed by atoms with E-state index in [1.165, 1.54) is 7.05 Å². The topological polar surface area (TPSA) is 75.6 Å². The maximum absolute atomic E-state index is 11.0. The summed E-state index contributed by atoms with van der Waals surface area (Å²) in [6.45, 7) is 0.205. The molecule has 0 radical (unpaired) electrons. The van der Waals surface area contributed by atoms with E-state index in [0.29, 0.717) is 0 Å². The fourth-order valence-electron chi connectivity index (χ4n) is 1.19. The Bertz CT molecular complexity index is 204. The van der Waals surface area contributed by atoms with Crippen molar-refractivity contribution in [1.29, 1.82) is 0 Å². The Hall–Kier alpha value is -1.10. The molecule has 1 aliphatic heterocycles. The van der Waals surface area contributed by atoms with Crippen LogP contribution in [0.5, 0.6) is 0 Å². The van der Waals surface area contributed by atoms with Crippen LogP contribution in [0.2, 0.25) is 0 Å². The molecule has 0 spiro atoms. The van der Waals surface area contributed by atoms with Crippen molar-refractivity contribution in [3.63, 3.8) is 0 Å². The second-order valence-corrected chi connectivity index (χ2v) is 2.71. The highest BCUT2D eigenvalue weighted by Gasteiger charge is 2.34. The first kappa shape index (κ1) is 8.99. The van der Waals surface area contributed by atoms with Gasteiger partial charge in [0, 0.05) is 7.05 Å². The molecule has 0 aliphatic carbocycles. The van der Waals surface area contributed by atoms with Gasteiger partial charge in [0.05, 0.1) is 12.5 Å². The summed E-state index contributed by atoms with van der Waals surface area (Å²) < 4.78 is 4.89. The van der Waals surface area contributed by atoms with Crippen molar-refractivity contribution >= 4 is 11.9 Å². The van der Waals surface area contributed by atoms with Crippen LogP contribution in [0.15, 0.2) is 0 Å². The quantitative estimate of drug-likeness (QED) is 0.574. The van der Waals surface area contributed by atoms with Crippen LogP contribution in [0, 0.1) is 5.92 Å². The highest BCUT2D eigenvalue weighted by Crippen LogP contribution is 2.19. The lowest BCUT2D eigenvalue weighted by Gasteiger charge is -2.03. The van der Waals surface area contributed by atoms with Crippen molar-refractivity contribution in [3.05, 3.63) is 0 Å². The molecule has 2 N–H and O–H groups in total. The molecule has 1 aliphatic rings. The first-order valence-electron chi connectivity index (χ1n) is 3.71. The molecular formula is C7H11NO4. The third kappa shape index (κ3) is 1.73. The number of carboxylic acid groups (broad SMARTS) is 1. The fraction of sp³-hybridized carbons (Fsp3) is 0.714. The highest BCUT2D eigenvalue weighted by atomic mass is 16.5. The van der Waals surface area contributed by atoms with E-state index in [9.17, 15) is 9.59 Å². The molecule has 1 amide bonds. The van der Waals surface area contributed by atoms with Crippen LogP contribution in [0.25, 0.3) is 0 Å². The van der Waals surface area contributed by atoms with E-state index in [1.54, 1.807) is 0 Å². The van der Waals surface area contributed by atoms with Gasteiger partial charge in [0.2, 0.25) is 5.91 Å². The Labute approximate surface area is 69.7 Å². The zero-order valence-corrected chi connectivity index (χ0v) is 6.74. The Morgan fingerprint density at radius 1 is 1.58 bits per heavy atom. The van der Waals surface area contributed by atoms with Crippen molar-refractivity contribution in [1.82, 2.24) is 5.32 Å². The summed E-state index contributed by atoms with van der Waals surface area (Å²) >= 11 is 0. The number of carbonyl (C=O) groups is 2. The van der Waals surface area contributed by atoms with Crippen molar-refractivity contribution in [2.75, 3.05) is 13.7 Å². The maximum atomic E-state index is 11.0. The first-order chi connectivity index (χ1) is 5.65. The van der Waals surface area contributed by atoms with Gasteiger partial charge < -0.3 is 15.2 Å². The van der Waals surface area contributed by atoms with Gasteiger partial charge in [-0.1, -0.05) is 0 Å². The van der Waals surface area contributed by atoms with Gasteiger partial charge in [-0.15, -0.1) is 0 Å². The summed E-state index contributed by atoms with van der Waals surface area (Å²) in [6, 6.07) is 0. The summed E-state index contributed by atoms with van der Waals surface area (Å²) in [5.74, 6) is -1.46. The van der Waals surface area contributed by atoms with Gasteiger partial charge in [0.25, 0.3) is 0 Å². The average molecular weight is 173 g/mol. The van der Waals surface area contributed by atoms with Crippen LogP contribution in [-0.4, -0.2) is 36.7 Å². The second-order valence-electron chi connectivity index (χ2n) is 2.71. The lowest BCUT2D eigenvalue weighted by molar-refractivity contribution is -0.147. The molecule has 2 atom stereocenters. The zero-order valence-electron chi connectivity index (χ0n) is 6.74. The zero-order chi connectivity index (χ0) is 9.14. The number of rotatable bonds is 2. The molecule has 12 heavy (non-hydrogen) atoms. The van der Waals surface area contributed by atoms with Gasteiger partial charge in [0.15, 0.2) is 6.10 Å². The molecule has 2 unspecified atom stereocenters. The smallest absolute Gasteiger partial charge is 0.332 e. The van der Waals surface area contributed by atoms with Crippen molar-refractivity contribution < 1.29 is 19.4 Å². The van der Waals surface area contributed by atoms with Gasteiger partial charge in [-0.25, -0.2) is 4.79 Å². The van der Waals surface area contributed by atoms with E-state index in [0.717, 1.165) is 0 Å². The van der Waals surface area contributed by atoms with Crippen LogP contribution >= 0.6 is 0 Å². The van der Waals surface area contributed by atoms with Gasteiger partial charge in [-0.05, 0) is 6.42 Å². The summed E-state index contributed by atoms with van der Waals surface area (Å²) in [6.07, 6.45) is -0.540. The molecule has 0 aromatic carbocycles. The predicted octanol–water partition coefficient (Wildman–Crippen LogP) is -0.778. The maximum Gasteiger partial charge on any atom is 0.332 e. The average Bonchev–Trinajstić information content (AvgIpc) is 2.51. The molecule has 1 fully saturated rings. The minimum atomic E-state index is -0.999. The van der Waals surface area contributed by atoms with Gasteiger partial charge >= 0.3 is 5.97 Å². The molecule has 68 valence electrons. The van der Waals surface area contributed by atoms with Crippen LogP contribution < -0.4 is 5.32 Å². The van der Waals surface area contributed by atoms with Crippen molar-refractivity contribution in [2.45, 2.75) is 12.5 Å². The molecule has 0 bridgehead atoms. The lowest BCUT2D eigenvalue weighted by Crippen LogP contribution is -2.28. The Morgan fingerprint density at radius 3 is 2.67 bits per heavy atom. The van der Waals surface area contributed by atoms with E-state index in [1.807, 2.05) is 0 Å². The predicted molar refractivity (Wildman–Crippen MR) is 39.5 cm³/mol. The summed E-state index contributed by atoms with van der Waals surface area (Å²) in [5.41, 5.74) is 0. The number of aliphatic carboxylic acids is 1. The van der Waals surface area contributed by atoms with E-state index in [4.69, 9.17) is 9.84 Å². The lowest BCUT2D eigenvalue weighted by atomic mass is 10.1. The van der Waals surface area contributed by atoms with E-state index in [-0.39, 0.29) is 24.9 Å². The van der Waals surface area contributed by atoms with Gasteiger partial charge in [0.1, 0.15) is 0 Å². The van der Waals surface area contributed by atoms with Crippen LogP contribution in [-0.2, 0) is 14.3 Å². The number of amides is 1. The number of nitrogens with one attached hydrogen (secondary N) is 1. The molecule has 1 rings (SSSR count). The minimum absolute atomic E-state index is 0.154. The molecule has 1 heterocycles. The Kier molecular flexibility index (Phi) is 2.65. The van der Waals surface area contributed by atoms with Crippen molar-refractivity contribution in [2.24, 2.45) is 5.92 Å². The van der Waals surface area contributed by atoms with Crippen LogP contribution in [0.3, 0.4) is 0 Å². The van der Waals surface area contributed by atoms with Crippen molar-refractivity contribution in [3.8, 4) is 0 Å². The van der Waals surface area contributed by atoms with Gasteiger partial charge in [-0.2, -0.15) is 0 Å². The summed E-state index contributed by atoms with van der Waals surface area (Å²) in [5, 5.41) is 11.0. The Morgan fingerprint density at radius 2 is 2.25 bits per heavy atom. The molecule has 0 aromatic heterocycles. The third-order valence-electron chi connectivity index (χ3n) is 1.89. The molecule has 1 saturated heterocycles. The molecule has 5 nitrogen and oxygen atoms in total. The van der Waals surface area contributed by atoms with E-state index in [2.05, 4.69) is 5.32 Å². The standard InChI is InChI=1S/C7H11NO4/c1-8-6(9)4-2-5(7(10)11)12-3-4/h4-5H,2-3H2,1H3,(H,8,9)(H,10,11). The molecule has 0 saturated carbocycles. The molecule has 5 heteroatoms. The number of hydrogen-bond donors (Lipinski definition) is 2. The van der Waals surface area contributed by atoms with E-state index < -0.39 is 12.1 Å². The fourth-order valence-corrected chi connectivity index (χ4v) is 1.19. The van der Waals surface area contributed by atoms with Crippen LogP contribution in [0.1, 0.15) is 6.42 Å². The Balaban J connectivity index is 2.45. The largest absolute Gasteiger partial charge is 0.479 e. The normalized spacial score (nSPS) is 28.4. The third-order valence-corrected chi connectivity index (χ3v) is 1.89. The van der Waals surface area contributed by atoms with Crippen LogP contribution in [0.4, 0.5) is 0 Å². The first-order valence-corrected chi connectivity index (χ1v) is 3.71. The number of hydrogen-bond acceptors (Lipinski definition) is 3. The van der Waals surface area contributed by atoms with E-state index >= 15 is 0 Å². The molecule has 0 aromatic rings. The SMILES string of the molecule is CNC(=O)C1COC(C(=O)O)C1. The number of carboxylic acids is 1.